The van der Waals surface area contributed by atoms with Crippen molar-refractivity contribution in [2.24, 2.45) is 0 Å². The summed E-state index contributed by atoms with van der Waals surface area (Å²) in [6.45, 7) is 5.15. The molecule has 92 valence electrons. The molecule has 0 radical (unpaired) electrons. The van der Waals surface area contributed by atoms with Crippen LogP contribution in [0.1, 0.15) is 10.5 Å². The minimum atomic E-state index is -0.263. The van der Waals surface area contributed by atoms with Crippen molar-refractivity contribution in [2.45, 2.75) is 0 Å². The number of methoxy groups -OCH3 is 1. The van der Waals surface area contributed by atoms with Gasteiger partial charge in [0.2, 0.25) is 0 Å². The van der Waals surface area contributed by atoms with E-state index in [1.165, 1.54) is 12.4 Å². The van der Waals surface area contributed by atoms with Crippen molar-refractivity contribution in [1.82, 2.24) is 15.3 Å². The molecular weight excluding hydrogens is 220 g/mol. The van der Waals surface area contributed by atoms with Crippen LogP contribution in [-0.4, -0.2) is 42.7 Å². The molecule has 2 N–H and O–H groups in total. The smallest absolute Gasteiger partial charge is 0.271 e. The summed E-state index contributed by atoms with van der Waals surface area (Å²) in [5.41, 5.74) is 0.282. The highest BCUT2D eigenvalue weighted by Gasteiger charge is 2.05. The average molecular weight is 236 g/mol. The summed E-state index contributed by atoms with van der Waals surface area (Å²) in [5, 5.41) is 5.63. The number of hydrogen-bond acceptors (Lipinski definition) is 5. The molecule has 6 nitrogen and oxygen atoms in total. The van der Waals surface area contributed by atoms with Crippen LogP contribution >= 0.6 is 0 Å². The predicted octanol–water partition coefficient (Wildman–Crippen LogP) is 0.451. The highest BCUT2D eigenvalue weighted by molar-refractivity contribution is 5.92. The van der Waals surface area contributed by atoms with Gasteiger partial charge in [-0.25, -0.2) is 9.97 Å². The lowest BCUT2D eigenvalue weighted by atomic mass is 10.4. The molecule has 17 heavy (non-hydrogen) atoms. The van der Waals surface area contributed by atoms with Gasteiger partial charge in [-0.15, -0.1) is 6.58 Å². The lowest BCUT2D eigenvalue weighted by molar-refractivity contribution is 0.0952. The molecule has 0 saturated heterocycles. The zero-order valence-electron chi connectivity index (χ0n) is 9.77. The molecular formula is C11H16N4O2. The van der Waals surface area contributed by atoms with E-state index in [-0.39, 0.29) is 11.6 Å². The summed E-state index contributed by atoms with van der Waals surface area (Å²) in [7, 11) is 1.63. The Morgan fingerprint density at radius 2 is 2.35 bits per heavy atom. The molecule has 0 spiro atoms. The van der Waals surface area contributed by atoms with E-state index in [1.54, 1.807) is 13.2 Å². The summed E-state index contributed by atoms with van der Waals surface area (Å²) in [5.74, 6) is 0.350. The van der Waals surface area contributed by atoms with Crippen molar-refractivity contribution >= 4 is 11.7 Å². The first-order valence-corrected chi connectivity index (χ1v) is 5.22. The number of ether oxygens (including phenoxy) is 1. The molecule has 0 atom stereocenters. The number of anilines is 1. The molecule has 1 aromatic rings. The third-order valence-corrected chi connectivity index (χ3v) is 1.90. The average Bonchev–Trinajstić information content (AvgIpc) is 2.37. The van der Waals surface area contributed by atoms with Crippen LogP contribution in [0.2, 0.25) is 0 Å². The molecule has 1 aromatic heterocycles. The van der Waals surface area contributed by atoms with Crippen LogP contribution in [0.15, 0.2) is 25.0 Å². The molecule has 0 fully saturated rings. The maximum Gasteiger partial charge on any atom is 0.271 e. The van der Waals surface area contributed by atoms with Crippen molar-refractivity contribution in [2.75, 3.05) is 32.1 Å². The Bertz CT molecular complexity index is 364. The molecule has 6 heteroatoms. The van der Waals surface area contributed by atoms with Crippen LogP contribution in [-0.2, 0) is 4.74 Å². The fourth-order valence-corrected chi connectivity index (χ4v) is 1.07. The zero-order chi connectivity index (χ0) is 12.5. The SMILES string of the molecule is C=CCNC(=O)c1cnc(NCCOC)cn1. The Balaban J connectivity index is 2.49. The number of hydrogen-bond donors (Lipinski definition) is 2. The Morgan fingerprint density at radius 3 is 2.94 bits per heavy atom. The largest absolute Gasteiger partial charge is 0.383 e. The van der Waals surface area contributed by atoms with Crippen LogP contribution in [0.5, 0.6) is 0 Å². The van der Waals surface area contributed by atoms with Crippen molar-refractivity contribution in [3.8, 4) is 0 Å². The second-order valence-electron chi connectivity index (χ2n) is 3.21. The van der Waals surface area contributed by atoms with Crippen molar-refractivity contribution < 1.29 is 9.53 Å². The van der Waals surface area contributed by atoms with E-state index in [4.69, 9.17) is 4.74 Å². The molecule has 0 aliphatic rings. The molecule has 0 bridgehead atoms. The van der Waals surface area contributed by atoms with Crippen LogP contribution in [0, 0.1) is 0 Å². The summed E-state index contributed by atoms with van der Waals surface area (Å²) >= 11 is 0. The van der Waals surface area contributed by atoms with Crippen LogP contribution in [0.3, 0.4) is 0 Å². The predicted molar refractivity (Wildman–Crippen MR) is 64.9 cm³/mol. The molecule has 1 amide bonds. The number of rotatable bonds is 7. The van der Waals surface area contributed by atoms with Gasteiger partial charge in [0.25, 0.3) is 5.91 Å². The number of nitrogens with zero attached hydrogens (tertiary/aromatic N) is 2. The molecule has 0 aliphatic carbocycles. The van der Waals surface area contributed by atoms with Crippen LogP contribution in [0.25, 0.3) is 0 Å². The molecule has 0 unspecified atom stereocenters. The molecule has 0 saturated carbocycles. The van der Waals surface area contributed by atoms with Gasteiger partial charge in [0.1, 0.15) is 11.5 Å². The van der Waals surface area contributed by atoms with Gasteiger partial charge in [-0.1, -0.05) is 6.08 Å². The maximum atomic E-state index is 11.5. The summed E-state index contributed by atoms with van der Waals surface area (Å²) in [6, 6.07) is 0. The standard InChI is InChI=1S/C11H16N4O2/c1-3-4-13-11(16)9-7-15-10(8-14-9)12-5-6-17-2/h3,7-8H,1,4-6H2,2H3,(H,12,15)(H,13,16). The van der Waals surface area contributed by atoms with Crippen molar-refractivity contribution in [1.29, 1.82) is 0 Å². The van der Waals surface area contributed by atoms with Crippen LogP contribution in [0.4, 0.5) is 5.82 Å². The third-order valence-electron chi connectivity index (χ3n) is 1.90. The highest BCUT2D eigenvalue weighted by Crippen LogP contribution is 2.00. The monoisotopic (exact) mass is 236 g/mol. The minimum absolute atomic E-state index is 0.263. The van der Waals surface area contributed by atoms with Crippen molar-refractivity contribution in [3.05, 3.63) is 30.7 Å². The molecule has 0 aromatic carbocycles. The van der Waals surface area contributed by atoms with Gasteiger partial charge in [0.15, 0.2) is 0 Å². The molecule has 0 aliphatic heterocycles. The Morgan fingerprint density at radius 1 is 1.53 bits per heavy atom. The maximum absolute atomic E-state index is 11.5. The van der Waals surface area contributed by atoms with Crippen LogP contribution < -0.4 is 10.6 Å². The lowest BCUT2D eigenvalue weighted by Gasteiger charge is -2.05. The normalized spacial score (nSPS) is 9.71. The first-order valence-electron chi connectivity index (χ1n) is 5.22. The lowest BCUT2D eigenvalue weighted by Crippen LogP contribution is -2.24. The minimum Gasteiger partial charge on any atom is -0.383 e. The van der Waals surface area contributed by atoms with E-state index in [0.29, 0.717) is 25.5 Å². The second-order valence-corrected chi connectivity index (χ2v) is 3.21. The van der Waals surface area contributed by atoms with Gasteiger partial charge in [-0.05, 0) is 0 Å². The molecule has 1 rings (SSSR count). The van der Waals surface area contributed by atoms with Gasteiger partial charge >= 0.3 is 0 Å². The van der Waals surface area contributed by atoms with Gasteiger partial charge in [0, 0.05) is 20.2 Å². The van der Waals surface area contributed by atoms with E-state index >= 15 is 0 Å². The number of nitrogens with one attached hydrogen (secondary N) is 2. The van der Waals surface area contributed by atoms with E-state index in [1.807, 2.05) is 0 Å². The number of carbonyl (C=O) groups is 1. The summed E-state index contributed by atoms with van der Waals surface area (Å²) in [6.07, 6.45) is 4.54. The number of carbonyl (C=O) groups excluding carboxylic acids is 1. The first kappa shape index (κ1) is 13.1. The number of aromatic nitrogens is 2. The Hall–Kier alpha value is -1.95. The third kappa shape index (κ3) is 4.60. The van der Waals surface area contributed by atoms with E-state index < -0.39 is 0 Å². The molecule has 1 heterocycles. The van der Waals surface area contributed by atoms with E-state index in [2.05, 4.69) is 27.2 Å². The second kappa shape index (κ2) is 7.34. The topological polar surface area (TPSA) is 76.1 Å². The highest BCUT2D eigenvalue weighted by atomic mass is 16.5. The van der Waals surface area contributed by atoms with Gasteiger partial charge in [-0.2, -0.15) is 0 Å². The number of amides is 1. The van der Waals surface area contributed by atoms with Crippen molar-refractivity contribution in [3.63, 3.8) is 0 Å². The van der Waals surface area contributed by atoms with Gasteiger partial charge in [-0.3, -0.25) is 4.79 Å². The summed E-state index contributed by atoms with van der Waals surface area (Å²) < 4.78 is 4.89. The van der Waals surface area contributed by atoms with Gasteiger partial charge < -0.3 is 15.4 Å². The van der Waals surface area contributed by atoms with E-state index in [9.17, 15) is 4.79 Å². The Kier molecular flexibility index (Phi) is 5.67. The quantitative estimate of drug-likeness (QED) is 0.531. The van der Waals surface area contributed by atoms with Gasteiger partial charge in [0.05, 0.1) is 19.0 Å². The first-order chi connectivity index (χ1) is 8.27. The fourth-order valence-electron chi connectivity index (χ4n) is 1.07. The Labute approximate surface area is 100 Å². The van der Waals surface area contributed by atoms with E-state index in [0.717, 1.165) is 0 Å². The summed E-state index contributed by atoms with van der Waals surface area (Å²) in [4.78, 5) is 19.5. The fraction of sp³-hybridized carbons (Fsp3) is 0.364. The zero-order valence-corrected chi connectivity index (χ0v) is 9.77.